The first-order chi connectivity index (χ1) is 14.9. The van der Waals surface area contributed by atoms with Gasteiger partial charge in [-0.1, -0.05) is 37.0 Å². The van der Waals surface area contributed by atoms with Crippen molar-refractivity contribution in [3.63, 3.8) is 0 Å². The van der Waals surface area contributed by atoms with Crippen molar-refractivity contribution in [3.05, 3.63) is 105 Å². The molecule has 0 N–H and O–H groups in total. The molecule has 3 aromatic rings. The fourth-order valence-corrected chi connectivity index (χ4v) is 4.06. The first-order valence-electron chi connectivity index (χ1n) is 10.1. The average Bonchev–Trinajstić information content (AvgIpc) is 2.77. The summed E-state index contributed by atoms with van der Waals surface area (Å²) in [5, 5.41) is 0. The Morgan fingerprint density at radius 2 is 1.48 bits per heavy atom. The zero-order valence-corrected chi connectivity index (χ0v) is 16.8. The van der Waals surface area contributed by atoms with Crippen molar-refractivity contribution in [2.45, 2.75) is 38.5 Å². The van der Waals surface area contributed by atoms with E-state index in [1.165, 1.54) is 0 Å². The molecule has 0 bridgehead atoms. The van der Waals surface area contributed by atoms with E-state index in [2.05, 4.69) is 11.8 Å². The smallest absolute Gasteiger partial charge is 0.194 e. The molecule has 0 aromatic heterocycles. The summed E-state index contributed by atoms with van der Waals surface area (Å²) in [6.45, 7) is 1.79. The summed E-state index contributed by atoms with van der Waals surface area (Å²) in [5.74, 6) is -0.208. The first-order valence-corrected chi connectivity index (χ1v) is 10.1. The predicted octanol–water partition coefficient (Wildman–Crippen LogP) is 6.62. The molecular formula is C26H19F5. The van der Waals surface area contributed by atoms with Gasteiger partial charge in [0.25, 0.3) is 0 Å². The van der Waals surface area contributed by atoms with Gasteiger partial charge in [-0.15, -0.1) is 0 Å². The van der Waals surface area contributed by atoms with Gasteiger partial charge >= 0.3 is 0 Å². The molecule has 0 amide bonds. The summed E-state index contributed by atoms with van der Waals surface area (Å²) >= 11 is 0. The Kier molecular flexibility index (Phi) is 5.82. The SMILES string of the molecule is CCc1ccc(C2CCc3cc(C#Cc4cc(F)c(F)c(F)c4)ccc3C2)c(F)c1F. The van der Waals surface area contributed by atoms with Crippen LogP contribution in [0.5, 0.6) is 0 Å². The first kappa shape index (κ1) is 21.1. The van der Waals surface area contributed by atoms with E-state index in [0.29, 0.717) is 42.4 Å². The van der Waals surface area contributed by atoms with Crippen LogP contribution < -0.4 is 0 Å². The van der Waals surface area contributed by atoms with E-state index in [1.54, 1.807) is 25.1 Å². The molecule has 5 heteroatoms. The summed E-state index contributed by atoms with van der Waals surface area (Å²) < 4.78 is 68.5. The van der Waals surface area contributed by atoms with Crippen LogP contribution in [0.3, 0.4) is 0 Å². The molecule has 4 rings (SSSR count). The van der Waals surface area contributed by atoms with Crippen LogP contribution in [0, 0.1) is 40.9 Å². The minimum Gasteiger partial charge on any atom is -0.204 e. The summed E-state index contributed by atoms with van der Waals surface area (Å²) in [5.41, 5.74) is 3.59. The summed E-state index contributed by atoms with van der Waals surface area (Å²) in [7, 11) is 0. The average molecular weight is 426 g/mol. The molecule has 0 radical (unpaired) electrons. The molecule has 31 heavy (non-hydrogen) atoms. The molecule has 0 aliphatic heterocycles. The molecule has 0 fully saturated rings. The molecule has 0 heterocycles. The number of rotatable bonds is 2. The Morgan fingerprint density at radius 3 is 2.19 bits per heavy atom. The van der Waals surface area contributed by atoms with Gasteiger partial charge in [0.1, 0.15) is 0 Å². The maximum Gasteiger partial charge on any atom is 0.194 e. The predicted molar refractivity (Wildman–Crippen MR) is 109 cm³/mol. The van der Waals surface area contributed by atoms with Crippen molar-refractivity contribution < 1.29 is 22.0 Å². The van der Waals surface area contributed by atoms with Gasteiger partial charge in [-0.05, 0) is 78.1 Å². The molecule has 1 aliphatic rings. The van der Waals surface area contributed by atoms with E-state index in [-0.39, 0.29) is 11.5 Å². The highest BCUT2D eigenvalue weighted by molar-refractivity contribution is 5.47. The lowest BCUT2D eigenvalue weighted by Gasteiger charge is -2.26. The highest BCUT2D eigenvalue weighted by Crippen LogP contribution is 2.35. The van der Waals surface area contributed by atoms with E-state index in [0.717, 1.165) is 23.3 Å². The van der Waals surface area contributed by atoms with Crippen LogP contribution in [0.4, 0.5) is 22.0 Å². The number of aryl methyl sites for hydroxylation is 2. The van der Waals surface area contributed by atoms with Crippen molar-refractivity contribution in [1.29, 1.82) is 0 Å². The fraction of sp³-hybridized carbons (Fsp3) is 0.231. The molecule has 3 aromatic carbocycles. The quantitative estimate of drug-likeness (QED) is 0.246. The minimum atomic E-state index is -1.52. The van der Waals surface area contributed by atoms with Crippen LogP contribution in [-0.4, -0.2) is 0 Å². The van der Waals surface area contributed by atoms with Gasteiger partial charge in [-0.2, -0.15) is 0 Å². The van der Waals surface area contributed by atoms with Crippen LogP contribution in [0.2, 0.25) is 0 Å². The van der Waals surface area contributed by atoms with Gasteiger partial charge in [-0.3, -0.25) is 0 Å². The summed E-state index contributed by atoms with van der Waals surface area (Å²) in [6, 6.07) is 10.6. The Balaban J connectivity index is 1.56. The van der Waals surface area contributed by atoms with E-state index in [9.17, 15) is 22.0 Å². The molecule has 158 valence electrons. The van der Waals surface area contributed by atoms with Crippen molar-refractivity contribution in [1.82, 2.24) is 0 Å². The molecule has 0 saturated heterocycles. The standard InChI is InChI=1S/C26H19F5/c1-2-17-9-10-21(25(30)24(17)29)20-8-7-18-11-15(5-6-19(18)14-20)3-4-16-12-22(27)26(31)23(28)13-16/h5-6,9-13,20H,2,7-8,14H2,1H3. The lowest BCUT2D eigenvalue weighted by molar-refractivity contribution is 0.446. The van der Waals surface area contributed by atoms with E-state index in [1.807, 2.05) is 12.1 Å². The molecule has 1 atom stereocenters. The van der Waals surface area contributed by atoms with E-state index in [4.69, 9.17) is 0 Å². The molecule has 0 nitrogen and oxygen atoms in total. The number of halogens is 5. The third-order valence-electron chi connectivity index (χ3n) is 5.78. The van der Waals surface area contributed by atoms with Crippen molar-refractivity contribution in [3.8, 4) is 11.8 Å². The second kappa shape index (κ2) is 8.55. The van der Waals surface area contributed by atoms with E-state index >= 15 is 0 Å². The second-order valence-corrected chi connectivity index (χ2v) is 7.72. The zero-order valence-electron chi connectivity index (χ0n) is 16.8. The minimum absolute atomic E-state index is 0.0437. The maximum absolute atomic E-state index is 14.5. The van der Waals surface area contributed by atoms with Gasteiger partial charge in [0.15, 0.2) is 29.1 Å². The lowest BCUT2D eigenvalue weighted by atomic mass is 9.79. The maximum atomic E-state index is 14.5. The number of benzene rings is 3. The lowest BCUT2D eigenvalue weighted by Crippen LogP contribution is -2.15. The largest absolute Gasteiger partial charge is 0.204 e. The van der Waals surface area contributed by atoms with E-state index < -0.39 is 29.1 Å². The Morgan fingerprint density at radius 1 is 0.774 bits per heavy atom. The van der Waals surface area contributed by atoms with Crippen LogP contribution in [0.25, 0.3) is 0 Å². The Bertz CT molecular complexity index is 1190. The molecular weight excluding hydrogens is 407 g/mol. The number of fused-ring (bicyclic) bond motifs is 1. The monoisotopic (exact) mass is 426 g/mol. The number of hydrogen-bond acceptors (Lipinski definition) is 0. The fourth-order valence-electron chi connectivity index (χ4n) is 4.06. The zero-order chi connectivity index (χ0) is 22.1. The van der Waals surface area contributed by atoms with Crippen LogP contribution in [0.15, 0.2) is 42.5 Å². The Labute approximate surface area is 177 Å². The molecule has 1 aliphatic carbocycles. The Hall–Kier alpha value is -3.13. The summed E-state index contributed by atoms with van der Waals surface area (Å²) in [4.78, 5) is 0. The van der Waals surface area contributed by atoms with Gasteiger partial charge < -0.3 is 0 Å². The van der Waals surface area contributed by atoms with Gasteiger partial charge in [0.2, 0.25) is 0 Å². The summed E-state index contributed by atoms with van der Waals surface area (Å²) in [6.07, 6.45) is 2.41. The van der Waals surface area contributed by atoms with Crippen LogP contribution in [0.1, 0.15) is 52.6 Å². The molecule has 0 saturated carbocycles. The second-order valence-electron chi connectivity index (χ2n) is 7.72. The van der Waals surface area contributed by atoms with Crippen LogP contribution in [-0.2, 0) is 19.3 Å². The third kappa shape index (κ3) is 4.20. The van der Waals surface area contributed by atoms with Crippen molar-refractivity contribution in [2.75, 3.05) is 0 Å². The topological polar surface area (TPSA) is 0 Å². The molecule has 1 unspecified atom stereocenters. The highest BCUT2D eigenvalue weighted by Gasteiger charge is 2.25. The van der Waals surface area contributed by atoms with Crippen molar-refractivity contribution >= 4 is 0 Å². The van der Waals surface area contributed by atoms with Crippen LogP contribution >= 0.6 is 0 Å². The van der Waals surface area contributed by atoms with Gasteiger partial charge in [0, 0.05) is 11.1 Å². The normalized spacial score (nSPS) is 15.2. The van der Waals surface area contributed by atoms with Crippen molar-refractivity contribution in [2.24, 2.45) is 0 Å². The number of hydrogen-bond donors (Lipinski definition) is 0. The highest BCUT2D eigenvalue weighted by atomic mass is 19.2. The van der Waals surface area contributed by atoms with Gasteiger partial charge in [0.05, 0.1) is 0 Å². The van der Waals surface area contributed by atoms with Gasteiger partial charge in [-0.25, -0.2) is 22.0 Å². The molecule has 0 spiro atoms. The third-order valence-corrected chi connectivity index (χ3v) is 5.78.